The summed E-state index contributed by atoms with van der Waals surface area (Å²) < 4.78 is 5.01. The molecule has 0 amide bonds. The summed E-state index contributed by atoms with van der Waals surface area (Å²) in [5.41, 5.74) is 2.66. The van der Waals surface area contributed by atoms with Gasteiger partial charge in [0.25, 0.3) is 0 Å². The fraction of sp³-hybridized carbons (Fsp3) is 0.562. The third-order valence-electron chi connectivity index (χ3n) is 3.03. The van der Waals surface area contributed by atoms with Gasteiger partial charge in [-0.15, -0.1) is 0 Å². The second kappa shape index (κ2) is 8.70. The van der Waals surface area contributed by atoms with E-state index >= 15 is 0 Å². The van der Waals surface area contributed by atoms with Gasteiger partial charge in [-0.1, -0.05) is 45.0 Å². The van der Waals surface area contributed by atoms with Gasteiger partial charge in [0.15, 0.2) is 0 Å². The molecule has 19 heavy (non-hydrogen) atoms. The summed E-state index contributed by atoms with van der Waals surface area (Å²) in [6, 6.07) is 8.70. The molecule has 1 aromatic carbocycles. The van der Waals surface area contributed by atoms with E-state index < -0.39 is 0 Å². The lowest BCUT2D eigenvalue weighted by Crippen LogP contribution is -2.17. The summed E-state index contributed by atoms with van der Waals surface area (Å²) in [5, 5.41) is 3.35. The number of ether oxygens (including phenoxy) is 1. The Morgan fingerprint density at radius 3 is 2.53 bits per heavy atom. The van der Waals surface area contributed by atoms with E-state index in [0.29, 0.717) is 18.9 Å². The van der Waals surface area contributed by atoms with Gasteiger partial charge in [0.05, 0.1) is 6.61 Å². The Balaban J connectivity index is 2.14. The molecule has 0 aromatic heterocycles. The van der Waals surface area contributed by atoms with Crippen molar-refractivity contribution in [2.24, 2.45) is 0 Å². The average molecular weight is 263 g/mol. The zero-order valence-corrected chi connectivity index (χ0v) is 12.2. The molecular formula is C16H25NO2. The third kappa shape index (κ3) is 6.39. The van der Waals surface area contributed by atoms with Crippen molar-refractivity contribution < 1.29 is 9.53 Å². The van der Waals surface area contributed by atoms with E-state index in [2.05, 4.69) is 43.4 Å². The smallest absolute Gasteiger partial charge is 0.305 e. The van der Waals surface area contributed by atoms with E-state index in [-0.39, 0.29) is 5.97 Å². The Hall–Kier alpha value is -1.35. The lowest BCUT2D eigenvalue weighted by Gasteiger charge is -2.08. The van der Waals surface area contributed by atoms with Gasteiger partial charge in [-0.3, -0.25) is 4.79 Å². The van der Waals surface area contributed by atoms with E-state index in [1.54, 1.807) is 6.92 Å². The van der Waals surface area contributed by atoms with Crippen molar-refractivity contribution in [1.29, 1.82) is 0 Å². The maximum absolute atomic E-state index is 10.9. The van der Waals surface area contributed by atoms with Gasteiger partial charge in [-0.2, -0.15) is 0 Å². The van der Waals surface area contributed by atoms with Crippen LogP contribution in [0.1, 0.15) is 50.7 Å². The number of carbonyl (C=O) groups is 1. The van der Waals surface area contributed by atoms with Crippen LogP contribution in [0.25, 0.3) is 0 Å². The van der Waals surface area contributed by atoms with E-state index in [9.17, 15) is 4.79 Å². The standard InChI is InChI=1S/C16H25NO2/c1-4-16(18)19-11-5-10-17-12-14-6-8-15(9-7-14)13(2)3/h6-9,13,17H,4-5,10-12H2,1-3H3. The van der Waals surface area contributed by atoms with Crippen molar-refractivity contribution >= 4 is 5.97 Å². The lowest BCUT2D eigenvalue weighted by molar-refractivity contribution is -0.143. The normalized spacial score (nSPS) is 10.7. The summed E-state index contributed by atoms with van der Waals surface area (Å²) in [6.45, 7) is 8.44. The molecule has 0 aliphatic carbocycles. The number of nitrogens with one attached hydrogen (secondary N) is 1. The van der Waals surface area contributed by atoms with Crippen LogP contribution in [0, 0.1) is 0 Å². The second-order valence-corrected chi connectivity index (χ2v) is 5.00. The molecule has 106 valence electrons. The fourth-order valence-corrected chi connectivity index (χ4v) is 1.74. The van der Waals surface area contributed by atoms with Gasteiger partial charge >= 0.3 is 5.97 Å². The molecule has 0 radical (unpaired) electrons. The zero-order valence-electron chi connectivity index (χ0n) is 12.2. The highest BCUT2D eigenvalue weighted by atomic mass is 16.5. The Kier molecular flexibility index (Phi) is 7.19. The number of hydrogen-bond donors (Lipinski definition) is 1. The molecule has 0 atom stereocenters. The molecule has 0 bridgehead atoms. The minimum absolute atomic E-state index is 0.121. The first kappa shape index (κ1) is 15.7. The largest absolute Gasteiger partial charge is 0.466 e. The first-order valence-electron chi connectivity index (χ1n) is 7.08. The van der Waals surface area contributed by atoms with Crippen LogP contribution in [0.15, 0.2) is 24.3 Å². The molecule has 0 saturated carbocycles. The van der Waals surface area contributed by atoms with Crippen LogP contribution in [0.2, 0.25) is 0 Å². The molecule has 3 nitrogen and oxygen atoms in total. The monoisotopic (exact) mass is 263 g/mol. The van der Waals surface area contributed by atoms with Crippen molar-refractivity contribution in [2.45, 2.75) is 46.1 Å². The van der Waals surface area contributed by atoms with Crippen molar-refractivity contribution in [3.8, 4) is 0 Å². The molecule has 0 fully saturated rings. The summed E-state index contributed by atoms with van der Waals surface area (Å²) in [5.74, 6) is 0.458. The highest BCUT2D eigenvalue weighted by Crippen LogP contribution is 2.14. The van der Waals surface area contributed by atoms with Gasteiger partial charge in [0, 0.05) is 13.0 Å². The van der Waals surface area contributed by atoms with Gasteiger partial charge in [0.2, 0.25) is 0 Å². The van der Waals surface area contributed by atoms with Crippen LogP contribution in [0.4, 0.5) is 0 Å². The van der Waals surface area contributed by atoms with Crippen molar-refractivity contribution in [1.82, 2.24) is 5.32 Å². The molecule has 1 N–H and O–H groups in total. The number of benzene rings is 1. The van der Waals surface area contributed by atoms with Gasteiger partial charge in [-0.05, 0) is 30.0 Å². The molecule has 1 aromatic rings. The number of hydrogen-bond acceptors (Lipinski definition) is 3. The third-order valence-corrected chi connectivity index (χ3v) is 3.03. The highest BCUT2D eigenvalue weighted by Gasteiger charge is 1.99. The van der Waals surface area contributed by atoms with Crippen LogP contribution < -0.4 is 5.32 Å². The molecule has 1 rings (SSSR count). The van der Waals surface area contributed by atoms with Crippen molar-refractivity contribution in [3.63, 3.8) is 0 Å². The van der Waals surface area contributed by atoms with Crippen molar-refractivity contribution in [3.05, 3.63) is 35.4 Å². The quantitative estimate of drug-likeness (QED) is 0.578. The fourth-order valence-electron chi connectivity index (χ4n) is 1.74. The van der Waals surface area contributed by atoms with E-state index in [1.165, 1.54) is 11.1 Å². The van der Waals surface area contributed by atoms with E-state index in [4.69, 9.17) is 4.74 Å². The average Bonchev–Trinajstić information content (AvgIpc) is 2.42. The molecule has 3 heteroatoms. The zero-order chi connectivity index (χ0) is 14.1. The first-order chi connectivity index (χ1) is 9.13. The Morgan fingerprint density at radius 1 is 1.26 bits per heavy atom. The number of esters is 1. The maximum atomic E-state index is 10.9. The van der Waals surface area contributed by atoms with Crippen LogP contribution in [0.3, 0.4) is 0 Å². The van der Waals surface area contributed by atoms with Crippen LogP contribution in [-0.4, -0.2) is 19.1 Å². The number of carbonyl (C=O) groups excluding carboxylic acids is 1. The molecule has 0 unspecified atom stereocenters. The summed E-state index contributed by atoms with van der Waals surface area (Å²) in [6.07, 6.45) is 1.31. The molecule has 0 aliphatic heterocycles. The summed E-state index contributed by atoms with van der Waals surface area (Å²) >= 11 is 0. The molecule has 0 heterocycles. The Labute approximate surface area is 116 Å². The van der Waals surface area contributed by atoms with Gasteiger partial charge in [0.1, 0.15) is 0 Å². The summed E-state index contributed by atoms with van der Waals surface area (Å²) in [7, 11) is 0. The topological polar surface area (TPSA) is 38.3 Å². The molecular weight excluding hydrogens is 238 g/mol. The van der Waals surface area contributed by atoms with Crippen LogP contribution >= 0.6 is 0 Å². The SMILES string of the molecule is CCC(=O)OCCCNCc1ccc(C(C)C)cc1. The first-order valence-corrected chi connectivity index (χ1v) is 7.08. The Morgan fingerprint density at radius 2 is 1.95 bits per heavy atom. The van der Waals surface area contributed by atoms with E-state index in [0.717, 1.165) is 19.5 Å². The van der Waals surface area contributed by atoms with Crippen LogP contribution in [-0.2, 0) is 16.1 Å². The molecule has 0 spiro atoms. The van der Waals surface area contributed by atoms with Gasteiger partial charge < -0.3 is 10.1 Å². The van der Waals surface area contributed by atoms with E-state index in [1.807, 2.05) is 0 Å². The predicted octanol–water partition coefficient (Wildman–Crippen LogP) is 3.24. The lowest BCUT2D eigenvalue weighted by atomic mass is 10.0. The number of rotatable bonds is 8. The van der Waals surface area contributed by atoms with Crippen molar-refractivity contribution in [2.75, 3.05) is 13.2 Å². The predicted molar refractivity (Wildman–Crippen MR) is 78.1 cm³/mol. The maximum Gasteiger partial charge on any atom is 0.305 e. The second-order valence-electron chi connectivity index (χ2n) is 5.00. The summed E-state index contributed by atoms with van der Waals surface area (Å²) in [4.78, 5) is 10.9. The van der Waals surface area contributed by atoms with Gasteiger partial charge in [-0.25, -0.2) is 0 Å². The minimum Gasteiger partial charge on any atom is -0.466 e. The molecule has 0 saturated heterocycles. The minimum atomic E-state index is -0.121. The Bertz CT molecular complexity index is 371. The molecule has 0 aliphatic rings. The van der Waals surface area contributed by atoms with Crippen LogP contribution in [0.5, 0.6) is 0 Å². The highest BCUT2D eigenvalue weighted by molar-refractivity contribution is 5.68.